The van der Waals surface area contributed by atoms with Crippen LogP contribution in [0, 0.1) is 11.8 Å². The van der Waals surface area contributed by atoms with Crippen LogP contribution in [0.25, 0.3) is 0 Å². The van der Waals surface area contributed by atoms with Crippen LogP contribution in [0.2, 0.25) is 0 Å². The molecule has 114 valence electrons. The van der Waals surface area contributed by atoms with Gasteiger partial charge in [-0.2, -0.15) is 0 Å². The van der Waals surface area contributed by atoms with E-state index in [4.69, 9.17) is 5.73 Å². The van der Waals surface area contributed by atoms with Crippen molar-refractivity contribution in [3.8, 4) is 0 Å². The molecule has 2 fully saturated rings. The zero-order valence-electron chi connectivity index (χ0n) is 12.2. The highest BCUT2D eigenvalue weighted by atomic mass is 16.2. The molecule has 1 aromatic rings. The van der Waals surface area contributed by atoms with E-state index in [-0.39, 0.29) is 23.9 Å². The zero-order valence-corrected chi connectivity index (χ0v) is 12.2. The van der Waals surface area contributed by atoms with Gasteiger partial charge in [-0.25, -0.2) is 5.43 Å². The molecular formula is C16H24N4O. The summed E-state index contributed by atoms with van der Waals surface area (Å²) in [4.78, 5) is 12.6. The Morgan fingerprint density at radius 2 is 2.10 bits per heavy atom. The molecule has 1 aliphatic heterocycles. The van der Waals surface area contributed by atoms with Crippen LogP contribution in [0.1, 0.15) is 30.9 Å². The van der Waals surface area contributed by atoms with Crippen LogP contribution < -0.4 is 21.9 Å². The van der Waals surface area contributed by atoms with Crippen LogP contribution in [0.4, 0.5) is 0 Å². The van der Waals surface area contributed by atoms with Crippen LogP contribution in [0.5, 0.6) is 0 Å². The van der Waals surface area contributed by atoms with Gasteiger partial charge in [0.25, 0.3) is 0 Å². The number of carbonyl (C=O) groups is 1. The molecule has 5 N–H and O–H groups in total. The van der Waals surface area contributed by atoms with Crippen molar-refractivity contribution in [2.24, 2.45) is 17.6 Å². The van der Waals surface area contributed by atoms with Crippen molar-refractivity contribution in [3.63, 3.8) is 0 Å². The molecular weight excluding hydrogens is 264 g/mol. The van der Waals surface area contributed by atoms with Crippen molar-refractivity contribution in [3.05, 3.63) is 35.9 Å². The van der Waals surface area contributed by atoms with Crippen LogP contribution in [0.15, 0.2) is 30.3 Å². The summed E-state index contributed by atoms with van der Waals surface area (Å²) < 4.78 is 0. The maximum Gasteiger partial charge on any atom is 0.226 e. The van der Waals surface area contributed by atoms with E-state index in [2.05, 4.69) is 28.3 Å². The minimum absolute atomic E-state index is 0.0314. The number of benzene rings is 1. The van der Waals surface area contributed by atoms with Gasteiger partial charge >= 0.3 is 0 Å². The number of carbonyl (C=O) groups excluding carboxylic acids is 1. The molecule has 0 radical (unpaired) electrons. The highest BCUT2D eigenvalue weighted by Gasteiger charge is 2.36. The monoisotopic (exact) mass is 288 g/mol. The van der Waals surface area contributed by atoms with Crippen LogP contribution in [0.3, 0.4) is 0 Å². The summed E-state index contributed by atoms with van der Waals surface area (Å²) in [6, 6.07) is 10.4. The number of amides is 1. The number of hydrogen-bond acceptors (Lipinski definition) is 4. The summed E-state index contributed by atoms with van der Waals surface area (Å²) in [5.74, 6) is 0.490. The first-order valence-corrected chi connectivity index (χ1v) is 7.83. The molecule has 4 unspecified atom stereocenters. The van der Waals surface area contributed by atoms with Crippen molar-refractivity contribution in [2.75, 3.05) is 13.1 Å². The van der Waals surface area contributed by atoms with Gasteiger partial charge < -0.3 is 11.1 Å². The smallest absolute Gasteiger partial charge is 0.226 e. The number of nitrogens with one attached hydrogen (secondary N) is 3. The average molecular weight is 288 g/mol. The Hall–Kier alpha value is -1.43. The Kier molecular flexibility index (Phi) is 4.53. The van der Waals surface area contributed by atoms with Crippen molar-refractivity contribution in [2.45, 2.75) is 31.3 Å². The minimum atomic E-state index is -0.0774. The van der Waals surface area contributed by atoms with E-state index < -0.39 is 0 Å². The lowest BCUT2D eigenvalue weighted by molar-refractivity contribution is -0.125. The second kappa shape index (κ2) is 6.56. The third-order valence-electron chi connectivity index (χ3n) is 4.77. The molecule has 1 amide bonds. The average Bonchev–Trinajstić information content (AvgIpc) is 3.16. The second-order valence-corrected chi connectivity index (χ2v) is 6.06. The number of nitrogens with two attached hydrogens (primary N) is 1. The van der Waals surface area contributed by atoms with Gasteiger partial charge in [0.15, 0.2) is 0 Å². The molecule has 0 aromatic heterocycles. The van der Waals surface area contributed by atoms with Gasteiger partial charge in [-0.3, -0.25) is 10.2 Å². The molecule has 1 saturated carbocycles. The van der Waals surface area contributed by atoms with E-state index in [0.29, 0.717) is 19.0 Å². The maximum atomic E-state index is 12.6. The van der Waals surface area contributed by atoms with Gasteiger partial charge in [0.2, 0.25) is 5.91 Å². The summed E-state index contributed by atoms with van der Waals surface area (Å²) >= 11 is 0. The summed E-state index contributed by atoms with van der Waals surface area (Å²) in [7, 11) is 0. The molecule has 1 saturated heterocycles. The molecule has 1 aliphatic carbocycles. The molecule has 1 heterocycles. The third-order valence-corrected chi connectivity index (χ3v) is 4.77. The van der Waals surface area contributed by atoms with E-state index in [1.165, 1.54) is 0 Å². The number of rotatable bonds is 4. The predicted molar refractivity (Wildman–Crippen MR) is 82.1 cm³/mol. The summed E-state index contributed by atoms with van der Waals surface area (Å²) in [5.41, 5.74) is 13.3. The quantitative estimate of drug-likeness (QED) is 0.657. The third kappa shape index (κ3) is 3.10. The van der Waals surface area contributed by atoms with Crippen LogP contribution in [-0.4, -0.2) is 25.0 Å². The minimum Gasteiger partial charge on any atom is -0.353 e. The van der Waals surface area contributed by atoms with Gasteiger partial charge in [0.1, 0.15) is 0 Å². The van der Waals surface area contributed by atoms with E-state index in [0.717, 1.165) is 24.8 Å². The van der Waals surface area contributed by atoms with Gasteiger partial charge in [-0.15, -0.1) is 0 Å². The predicted octanol–water partition coefficient (Wildman–Crippen LogP) is 0.695. The summed E-state index contributed by atoms with van der Waals surface area (Å²) in [5, 5.41) is 3.22. The summed E-state index contributed by atoms with van der Waals surface area (Å²) in [6.07, 6.45) is 3.35. The second-order valence-electron chi connectivity index (χ2n) is 6.06. The highest BCUT2D eigenvalue weighted by molar-refractivity contribution is 5.80. The Labute approximate surface area is 125 Å². The van der Waals surface area contributed by atoms with Crippen molar-refractivity contribution in [1.29, 1.82) is 0 Å². The van der Waals surface area contributed by atoms with E-state index in [1.54, 1.807) is 0 Å². The number of hydrazine groups is 1. The fraction of sp³-hybridized carbons (Fsp3) is 0.562. The topological polar surface area (TPSA) is 79.2 Å². The first kappa shape index (κ1) is 14.5. The maximum absolute atomic E-state index is 12.6. The van der Waals surface area contributed by atoms with E-state index in [1.807, 2.05) is 18.2 Å². The van der Waals surface area contributed by atoms with Crippen molar-refractivity contribution >= 4 is 5.91 Å². The molecule has 0 spiro atoms. The largest absolute Gasteiger partial charge is 0.353 e. The Balaban J connectivity index is 1.66. The lowest BCUT2D eigenvalue weighted by Crippen LogP contribution is -2.44. The molecule has 3 rings (SSSR count). The lowest BCUT2D eigenvalue weighted by atomic mass is 9.93. The van der Waals surface area contributed by atoms with Gasteiger partial charge in [-0.1, -0.05) is 36.8 Å². The normalized spacial score (nSPS) is 32.2. The zero-order chi connectivity index (χ0) is 14.7. The van der Waals surface area contributed by atoms with E-state index >= 15 is 0 Å². The molecule has 21 heavy (non-hydrogen) atoms. The van der Waals surface area contributed by atoms with E-state index in [9.17, 15) is 4.79 Å². The lowest BCUT2D eigenvalue weighted by Gasteiger charge is -2.24. The Morgan fingerprint density at radius 1 is 1.29 bits per heavy atom. The van der Waals surface area contributed by atoms with Gasteiger partial charge in [0.05, 0.1) is 12.0 Å². The molecule has 0 bridgehead atoms. The summed E-state index contributed by atoms with van der Waals surface area (Å²) in [6.45, 7) is 1.32. The van der Waals surface area contributed by atoms with Crippen molar-refractivity contribution in [1.82, 2.24) is 16.2 Å². The SMILES string of the molecule is NCC1CCCC1NC(=O)C1CNNC1c1ccccc1. The first-order valence-electron chi connectivity index (χ1n) is 7.83. The standard InChI is InChI=1S/C16H24N4O/c17-9-12-7-4-8-14(12)19-16(21)13-10-18-20-15(13)11-5-2-1-3-6-11/h1-3,5-6,12-15,18,20H,4,7-10,17H2,(H,19,21). The fourth-order valence-corrected chi connectivity index (χ4v) is 3.52. The van der Waals surface area contributed by atoms with Crippen LogP contribution >= 0.6 is 0 Å². The van der Waals surface area contributed by atoms with Gasteiger partial charge in [0, 0.05) is 12.6 Å². The fourth-order valence-electron chi connectivity index (χ4n) is 3.52. The highest BCUT2D eigenvalue weighted by Crippen LogP contribution is 2.28. The van der Waals surface area contributed by atoms with Crippen LogP contribution in [-0.2, 0) is 4.79 Å². The first-order chi connectivity index (χ1) is 10.3. The molecule has 4 atom stereocenters. The van der Waals surface area contributed by atoms with Crippen molar-refractivity contribution < 1.29 is 4.79 Å². The molecule has 1 aromatic carbocycles. The molecule has 5 nitrogen and oxygen atoms in total. The Bertz CT molecular complexity index is 478. The molecule has 2 aliphatic rings. The Morgan fingerprint density at radius 3 is 2.86 bits per heavy atom. The number of hydrogen-bond donors (Lipinski definition) is 4. The van der Waals surface area contributed by atoms with Gasteiger partial charge in [-0.05, 0) is 30.9 Å². The molecule has 5 heteroatoms.